The molecule has 0 saturated heterocycles. The molecule has 3 aromatic carbocycles. The van der Waals surface area contributed by atoms with Crippen LogP contribution in [0.2, 0.25) is 0 Å². The fraction of sp³-hybridized carbons (Fsp3) is 0.400. The molecule has 0 saturated carbocycles. The molecule has 3 aromatic rings. The Balaban J connectivity index is 2.03. The number of anilines is 3. The molecule has 0 radical (unpaired) electrons. The van der Waals surface area contributed by atoms with Crippen LogP contribution in [0, 0.1) is 0 Å². The van der Waals surface area contributed by atoms with Crippen LogP contribution in [0.25, 0.3) is 0 Å². The first-order valence-corrected chi connectivity index (χ1v) is 16.7. The molecule has 14 heteroatoms. The lowest BCUT2D eigenvalue weighted by atomic mass is 9.92. The number of rotatable bonds is 10. The SMILES string of the molecule is CCCCC1(C)CN(c2ccccc2)c2cc(N(C)C)c(OS(=O)(=O)C(F)(F)F)cc2S(=O)(=O)N1Cc1ccc(OC)cc1. The Labute approximate surface area is 257 Å². The van der Waals surface area contributed by atoms with E-state index in [0.717, 1.165) is 12.5 Å². The van der Waals surface area contributed by atoms with Crippen LogP contribution in [0.1, 0.15) is 38.7 Å². The van der Waals surface area contributed by atoms with Crippen molar-refractivity contribution in [3.8, 4) is 11.5 Å². The maximum Gasteiger partial charge on any atom is 0.534 e. The molecule has 0 fully saturated rings. The van der Waals surface area contributed by atoms with Crippen molar-refractivity contribution < 1.29 is 38.9 Å². The molecule has 4 rings (SSSR count). The first kappa shape index (κ1) is 33.4. The minimum Gasteiger partial charge on any atom is -0.497 e. The third-order valence-electron chi connectivity index (χ3n) is 7.59. The number of sulfonamides is 1. The van der Waals surface area contributed by atoms with Gasteiger partial charge in [-0.25, -0.2) is 8.42 Å². The fourth-order valence-corrected chi connectivity index (χ4v) is 7.66. The quantitative estimate of drug-likeness (QED) is 0.186. The van der Waals surface area contributed by atoms with E-state index in [4.69, 9.17) is 4.74 Å². The molecular weight excluding hydrogens is 619 g/mol. The summed E-state index contributed by atoms with van der Waals surface area (Å²) in [6.07, 6.45) is 1.97. The summed E-state index contributed by atoms with van der Waals surface area (Å²) in [5.41, 5.74) is -5.28. The molecule has 1 aliphatic heterocycles. The smallest absolute Gasteiger partial charge is 0.497 e. The molecule has 240 valence electrons. The third kappa shape index (κ3) is 6.61. The maximum absolute atomic E-state index is 14.7. The molecule has 44 heavy (non-hydrogen) atoms. The second-order valence-corrected chi connectivity index (χ2v) is 14.4. The first-order valence-electron chi connectivity index (χ1n) is 13.9. The largest absolute Gasteiger partial charge is 0.534 e. The number of halogens is 3. The van der Waals surface area contributed by atoms with Crippen LogP contribution in [0.15, 0.2) is 71.6 Å². The summed E-state index contributed by atoms with van der Waals surface area (Å²) in [4.78, 5) is 2.80. The Morgan fingerprint density at radius 3 is 2.20 bits per heavy atom. The van der Waals surface area contributed by atoms with Crippen molar-refractivity contribution in [3.05, 3.63) is 72.3 Å². The van der Waals surface area contributed by atoms with E-state index < -0.39 is 36.9 Å². The molecule has 0 spiro atoms. The highest BCUT2D eigenvalue weighted by Crippen LogP contribution is 2.47. The summed E-state index contributed by atoms with van der Waals surface area (Å²) in [6, 6.07) is 18.2. The normalized spacial score (nSPS) is 18.8. The number of fused-ring (bicyclic) bond motifs is 1. The zero-order valence-electron chi connectivity index (χ0n) is 25.1. The van der Waals surface area contributed by atoms with E-state index in [1.165, 1.54) is 36.5 Å². The zero-order valence-corrected chi connectivity index (χ0v) is 26.8. The Morgan fingerprint density at radius 1 is 1.02 bits per heavy atom. The minimum atomic E-state index is -6.11. The topological polar surface area (TPSA) is 96.5 Å². The molecule has 0 aliphatic carbocycles. The van der Waals surface area contributed by atoms with Gasteiger partial charge in [0.25, 0.3) is 0 Å². The number of ether oxygens (including phenoxy) is 1. The van der Waals surface area contributed by atoms with E-state index in [1.807, 2.05) is 36.9 Å². The fourth-order valence-electron chi connectivity index (χ4n) is 5.22. The number of methoxy groups -OCH3 is 1. The van der Waals surface area contributed by atoms with Gasteiger partial charge < -0.3 is 18.7 Å². The summed E-state index contributed by atoms with van der Waals surface area (Å²) in [5.74, 6) is -0.171. The molecule has 1 atom stereocenters. The van der Waals surface area contributed by atoms with Crippen LogP contribution >= 0.6 is 0 Å². The van der Waals surface area contributed by atoms with Crippen molar-refractivity contribution in [2.45, 2.75) is 55.6 Å². The standard InChI is InChI=1S/C30H36F3N3O6S2/c1-6-7-17-29(2)21-35(23-11-9-8-10-12-23)26-18-25(34(3)4)27(42-44(39,40)30(31,32)33)19-28(26)43(37,38)36(29)20-22-13-15-24(41-5)16-14-22/h8-16,18-19H,6-7,17,20-21H2,1-5H3. The van der Waals surface area contributed by atoms with Gasteiger partial charge >= 0.3 is 15.6 Å². The van der Waals surface area contributed by atoms with E-state index in [2.05, 4.69) is 4.18 Å². The Hall–Kier alpha value is -3.49. The van der Waals surface area contributed by atoms with Gasteiger partial charge in [-0.2, -0.15) is 25.9 Å². The van der Waals surface area contributed by atoms with Crippen LogP contribution in [-0.2, 0) is 26.7 Å². The van der Waals surface area contributed by atoms with Gasteiger partial charge in [-0.3, -0.25) is 0 Å². The summed E-state index contributed by atoms with van der Waals surface area (Å²) >= 11 is 0. The van der Waals surface area contributed by atoms with E-state index >= 15 is 0 Å². The number of hydrogen-bond acceptors (Lipinski definition) is 8. The summed E-state index contributed by atoms with van der Waals surface area (Å²) < 4.78 is 105. The van der Waals surface area contributed by atoms with E-state index in [0.29, 0.717) is 29.8 Å². The zero-order chi connectivity index (χ0) is 32.5. The van der Waals surface area contributed by atoms with Crippen LogP contribution in [0.4, 0.5) is 30.2 Å². The third-order valence-corrected chi connectivity index (χ3v) is 10.6. The molecule has 1 unspecified atom stereocenters. The summed E-state index contributed by atoms with van der Waals surface area (Å²) in [5, 5.41) is 0. The van der Waals surface area contributed by atoms with Crippen molar-refractivity contribution in [3.63, 3.8) is 0 Å². The van der Waals surface area contributed by atoms with Crippen molar-refractivity contribution in [2.24, 2.45) is 0 Å². The highest BCUT2D eigenvalue weighted by atomic mass is 32.2. The molecule has 0 bridgehead atoms. The monoisotopic (exact) mass is 655 g/mol. The van der Waals surface area contributed by atoms with E-state index in [9.17, 15) is 30.0 Å². The molecular formula is C30H36F3N3O6S2. The summed E-state index contributed by atoms with van der Waals surface area (Å²) in [6.45, 7) is 4.00. The number of benzene rings is 3. The molecule has 0 N–H and O–H groups in total. The maximum atomic E-state index is 14.7. The van der Waals surface area contributed by atoms with Gasteiger partial charge in [-0.05, 0) is 49.2 Å². The van der Waals surface area contributed by atoms with Gasteiger partial charge in [-0.1, -0.05) is 50.1 Å². The van der Waals surface area contributed by atoms with E-state index in [1.54, 1.807) is 36.4 Å². The second kappa shape index (κ2) is 12.5. The lowest BCUT2D eigenvalue weighted by Gasteiger charge is -2.41. The van der Waals surface area contributed by atoms with Crippen molar-refractivity contribution in [2.75, 3.05) is 37.5 Å². The van der Waals surface area contributed by atoms with Crippen molar-refractivity contribution in [1.29, 1.82) is 0 Å². The van der Waals surface area contributed by atoms with E-state index in [-0.39, 0.29) is 29.4 Å². The van der Waals surface area contributed by atoms with Crippen LogP contribution in [0.5, 0.6) is 11.5 Å². The first-order chi connectivity index (χ1) is 20.5. The number of nitrogens with zero attached hydrogens (tertiary/aromatic N) is 3. The van der Waals surface area contributed by atoms with Crippen molar-refractivity contribution >= 4 is 37.2 Å². The average Bonchev–Trinajstić information content (AvgIpc) is 3.03. The van der Waals surface area contributed by atoms with Gasteiger partial charge in [0.1, 0.15) is 10.6 Å². The van der Waals surface area contributed by atoms with Crippen LogP contribution < -0.4 is 18.7 Å². The molecule has 1 aliphatic rings. The molecule has 0 amide bonds. The Morgan fingerprint density at radius 2 is 1.66 bits per heavy atom. The highest BCUT2D eigenvalue weighted by molar-refractivity contribution is 7.89. The Bertz CT molecular complexity index is 1680. The lowest BCUT2D eigenvalue weighted by Crippen LogP contribution is -2.53. The number of alkyl halides is 3. The minimum absolute atomic E-state index is 0.0495. The molecule has 9 nitrogen and oxygen atoms in total. The second-order valence-electron chi connectivity index (χ2n) is 11.0. The molecule has 1 heterocycles. The van der Waals surface area contributed by atoms with Gasteiger partial charge in [-0.15, -0.1) is 0 Å². The lowest BCUT2D eigenvalue weighted by molar-refractivity contribution is -0.0499. The average molecular weight is 656 g/mol. The number of unbranched alkanes of at least 4 members (excludes halogenated alkanes) is 1. The Kier molecular flexibility index (Phi) is 9.48. The molecule has 0 aromatic heterocycles. The predicted molar refractivity (Wildman–Crippen MR) is 163 cm³/mol. The van der Waals surface area contributed by atoms with Gasteiger partial charge in [0, 0.05) is 38.9 Å². The highest BCUT2D eigenvalue weighted by Gasteiger charge is 2.50. The van der Waals surface area contributed by atoms with Gasteiger partial charge in [0.05, 0.1) is 24.0 Å². The summed E-state index contributed by atoms with van der Waals surface area (Å²) in [7, 11) is -6.08. The number of para-hydroxylation sites is 1. The van der Waals surface area contributed by atoms with Crippen LogP contribution in [0.3, 0.4) is 0 Å². The van der Waals surface area contributed by atoms with Crippen molar-refractivity contribution in [1.82, 2.24) is 4.31 Å². The van der Waals surface area contributed by atoms with Crippen LogP contribution in [-0.4, -0.2) is 59.9 Å². The number of hydrogen-bond donors (Lipinski definition) is 0. The van der Waals surface area contributed by atoms with Gasteiger partial charge in [0.15, 0.2) is 5.75 Å². The predicted octanol–water partition coefficient (Wildman–Crippen LogP) is 6.28. The van der Waals surface area contributed by atoms with Gasteiger partial charge in [0.2, 0.25) is 10.0 Å².